The average Bonchev–Trinajstić information content (AvgIpc) is 2.27. The van der Waals surface area contributed by atoms with E-state index in [-0.39, 0.29) is 6.04 Å². The smallest absolute Gasteiger partial charge is 0.166 e. The molecule has 0 aromatic heterocycles. The van der Waals surface area contributed by atoms with Crippen LogP contribution in [0.4, 0.5) is 0 Å². The molecule has 0 fully saturated rings. The van der Waals surface area contributed by atoms with Gasteiger partial charge in [0, 0.05) is 11.0 Å². The van der Waals surface area contributed by atoms with Gasteiger partial charge >= 0.3 is 0 Å². The summed E-state index contributed by atoms with van der Waals surface area (Å²) >= 11 is 8.62. The third kappa shape index (κ3) is 4.10. The van der Waals surface area contributed by atoms with Crippen LogP contribution < -0.4 is 10.6 Å². The van der Waals surface area contributed by atoms with Crippen LogP contribution in [0.3, 0.4) is 0 Å². The van der Waals surface area contributed by atoms with Crippen molar-refractivity contribution in [3.8, 4) is 0 Å². The molecule has 0 saturated heterocycles. The fourth-order valence-corrected chi connectivity index (χ4v) is 2.04. The lowest BCUT2D eigenvalue weighted by Gasteiger charge is -2.19. The number of thiocarbonyl (C=S) groups is 1. The second-order valence-corrected chi connectivity index (χ2v) is 4.84. The van der Waals surface area contributed by atoms with Gasteiger partial charge in [-0.25, -0.2) is 0 Å². The van der Waals surface area contributed by atoms with E-state index in [2.05, 4.69) is 57.8 Å². The summed E-state index contributed by atoms with van der Waals surface area (Å²) < 4.78 is 1.10. The molecule has 1 aromatic carbocycles. The molecule has 0 aliphatic carbocycles. The Bertz CT molecular complexity index is 337. The summed E-state index contributed by atoms with van der Waals surface area (Å²) in [4.78, 5) is 0. The number of hydrogen-bond acceptors (Lipinski definition) is 1. The zero-order valence-electron chi connectivity index (χ0n) is 9.59. The van der Waals surface area contributed by atoms with Crippen molar-refractivity contribution in [2.45, 2.75) is 26.3 Å². The van der Waals surface area contributed by atoms with Gasteiger partial charge in [-0.1, -0.05) is 35.0 Å². The lowest BCUT2D eigenvalue weighted by atomic mass is 10.1. The Morgan fingerprint density at radius 3 is 2.44 bits per heavy atom. The lowest BCUT2D eigenvalue weighted by molar-refractivity contribution is 0.618. The van der Waals surface area contributed by atoms with Crippen molar-refractivity contribution in [1.82, 2.24) is 10.6 Å². The van der Waals surface area contributed by atoms with Gasteiger partial charge < -0.3 is 10.6 Å². The monoisotopic (exact) mass is 300 g/mol. The van der Waals surface area contributed by atoms with Crippen LogP contribution >= 0.6 is 28.1 Å². The number of benzene rings is 1. The molecule has 0 amide bonds. The highest BCUT2D eigenvalue weighted by Crippen LogP contribution is 2.19. The number of nitrogens with one attached hydrogen (secondary N) is 2. The van der Waals surface area contributed by atoms with E-state index < -0.39 is 0 Å². The molecule has 0 bridgehead atoms. The molecular formula is C12H17BrN2S. The van der Waals surface area contributed by atoms with Crippen LogP contribution in [0, 0.1) is 0 Å². The first-order chi connectivity index (χ1) is 7.67. The fourth-order valence-electron chi connectivity index (χ4n) is 1.49. The summed E-state index contributed by atoms with van der Waals surface area (Å²) in [5.41, 5.74) is 1.26. The van der Waals surface area contributed by atoms with Gasteiger partial charge in [0.05, 0.1) is 6.04 Å². The molecule has 0 saturated carbocycles. The normalized spacial score (nSPS) is 11.9. The van der Waals surface area contributed by atoms with Gasteiger partial charge in [0.1, 0.15) is 0 Å². The largest absolute Gasteiger partial charge is 0.363 e. The lowest BCUT2D eigenvalue weighted by Crippen LogP contribution is -2.37. The molecule has 0 radical (unpaired) electrons. The predicted molar refractivity (Wildman–Crippen MR) is 76.6 cm³/mol. The SMILES string of the molecule is CCNC(=S)N[C@@H](CC)c1ccc(Br)cc1. The van der Waals surface area contributed by atoms with Crippen molar-refractivity contribution in [2.75, 3.05) is 6.54 Å². The Labute approximate surface area is 111 Å². The zero-order valence-corrected chi connectivity index (χ0v) is 12.0. The molecule has 0 aliphatic rings. The molecule has 1 aromatic rings. The molecule has 16 heavy (non-hydrogen) atoms. The highest BCUT2D eigenvalue weighted by molar-refractivity contribution is 9.10. The van der Waals surface area contributed by atoms with E-state index in [4.69, 9.17) is 12.2 Å². The van der Waals surface area contributed by atoms with Crippen molar-refractivity contribution in [3.63, 3.8) is 0 Å². The Balaban J connectivity index is 2.67. The van der Waals surface area contributed by atoms with E-state index in [1.807, 2.05) is 6.92 Å². The van der Waals surface area contributed by atoms with E-state index in [1.165, 1.54) is 5.56 Å². The highest BCUT2D eigenvalue weighted by atomic mass is 79.9. The number of hydrogen-bond donors (Lipinski definition) is 2. The second kappa shape index (κ2) is 6.86. The fraction of sp³-hybridized carbons (Fsp3) is 0.417. The van der Waals surface area contributed by atoms with Gasteiger partial charge in [0.2, 0.25) is 0 Å². The van der Waals surface area contributed by atoms with Crippen LogP contribution in [-0.4, -0.2) is 11.7 Å². The van der Waals surface area contributed by atoms with Crippen LogP contribution in [0.15, 0.2) is 28.7 Å². The second-order valence-electron chi connectivity index (χ2n) is 3.52. The van der Waals surface area contributed by atoms with Gasteiger partial charge in [0.15, 0.2) is 5.11 Å². The third-order valence-electron chi connectivity index (χ3n) is 2.32. The maximum atomic E-state index is 5.19. The first-order valence-electron chi connectivity index (χ1n) is 5.47. The molecule has 0 spiro atoms. The van der Waals surface area contributed by atoms with E-state index in [9.17, 15) is 0 Å². The first kappa shape index (κ1) is 13.5. The van der Waals surface area contributed by atoms with Crippen LogP contribution in [-0.2, 0) is 0 Å². The Kier molecular flexibility index (Phi) is 5.77. The summed E-state index contributed by atoms with van der Waals surface area (Å²) in [6, 6.07) is 8.60. The maximum Gasteiger partial charge on any atom is 0.166 e. The number of halogens is 1. The molecule has 2 N–H and O–H groups in total. The highest BCUT2D eigenvalue weighted by Gasteiger charge is 2.09. The van der Waals surface area contributed by atoms with E-state index >= 15 is 0 Å². The molecule has 0 unspecified atom stereocenters. The molecule has 1 rings (SSSR count). The van der Waals surface area contributed by atoms with Crippen LogP contribution in [0.2, 0.25) is 0 Å². The minimum atomic E-state index is 0.277. The summed E-state index contributed by atoms with van der Waals surface area (Å²) in [6.45, 7) is 5.03. The van der Waals surface area contributed by atoms with Crippen molar-refractivity contribution >= 4 is 33.3 Å². The molecule has 2 nitrogen and oxygen atoms in total. The Morgan fingerprint density at radius 2 is 1.94 bits per heavy atom. The van der Waals surface area contributed by atoms with Crippen molar-refractivity contribution < 1.29 is 0 Å². The minimum Gasteiger partial charge on any atom is -0.363 e. The molecule has 1 atom stereocenters. The van der Waals surface area contributed by atoms with Gasteiger partial charge in [-0.2, -0.15) is 0 Å². The van der Waals surface area contributed by atoms with Gasteiger partial charge in [-0.05, 0) is 43.3 Å². The maximum absolute atomic E-state index is 5.19. The van der Waals surface area contributed by atoms with Gasteiger partial charge in [0.25, 0.3) is 0 Å². The van der Waals surface area contributed by atoms with E-state index in [0.717, 1.165) is 22.6 Å². The molecule has 88 valence electrons. The first-order valence-corrected chi connectivity index (χ1v) is 6.67. The van der Waals surface area contributed by atoms with E-state index in [1.54, 1.807) is 0 Å². The van der Waals surface area contributed by atoms with E-state index in [0.29, 0.717) is 0 Å². The average molecular weight is 301 g/mol. The zero-order chi connectivity index (χ0) is 12.0. The molecule has 0 heterocycles. The van der Waals surface area contributed by atoms with Crippen molar-refractivity contribution in [2.24, 2.45) is 0 Å². The Morgan fingerprint density at radius 1 is 1.31 bits per heavy atom. The van der Waals surface area contributed by atoms with Gasteiger partial charge in [-0.3, -0.25) is 0 Å². The van der Waals surface area contributed by atoms with Crippen LogP contribution in [0.25, 0.3) is 0 Å². The van der Waals surface area contributed by atoms with Crippen molar-refractivity contribution in [1.29, 1.82) is 0 Å². The summed E-state index contributed by atoms with van der Waals surface area (Å²) in [7, 11) is 0. The Hall–Kier alpha value is -0.610. The minimum absolute atomic E-state index is 0.277. The van der Waals surface area contributed by atoms with Crippen LogP contribution in [0.5, 0.6) is 0 Å². The molecule has 0 aliphatic heterocycles. The third-order valence-corrected chi connectivity index (χ3v) is 3.11. The van der Waals surface area contributed by atoms with Crippen molar-refractivity contribution in [3.05, 3.63) is 34.3 Å². The summed E-state index contributed by atoms with van der Waals surface area (Å²) in [6.07, 6.45) is 1.01. The molecular weight excluding hydrogens is 284 g/mol. The standard InChI is InChI=1S/C12H17BrN2S/c1-3-11(15-12(16)14-4-2)9-5-7-10(13)8-6-9/h5-8,11H,3-4H2,1-2H3,(H2,14,15,16)/t11-/m0/s1. The topological polar surface area (TPSA) is 24.1 Å². The summed E-state index contributed by atoms with van der Waals surface area (Å²) in [5.74, 6) is 0. The molecule has 4 heteroatoms. The van der Waals surface area contributed by atoms with Gasteiger partial charge in [-0.15, -0.1) is 0 Å². The quantitative estimate of drug-likeness (QED) is 0.834. The predicted octanol–water partition coefficient (Wildman–Crippen LogP) is 3.38. The van der Waals surface area contributed by atoms with Crippen LogP contribution in [0.1, 0.15) is 31.9 Å². The number of rotatable bonds is 4. The summed E-state index contributed by atoms with van der Waals surface area (Å²) in [5, 5.41) is 7.13.